The summed E-state index contributed by atoms with van der Waals surface area (Å²) < 4.78 is 0. The summed E-state index contributed by atoms with van der Waals surface area (Å²) >= 11 is 0. The van der Waals surface area contributed by atoms with Crippen LogP contribution in [0, 0.1) is 0 Å². The Labute approximate surface area is 458 Å². The van der Waals surface area contributed by atoms with Crippen molar-refractivity contribution in [3.8, 4) is 0 Å². The largest absolute Gasteiger partial charge is 0.300 e. The number of carbonyl (C=O) groups is 1. The zero-order chi connectivity index (χ0) is 51.7. The van der Waals surface area contributed by atoms with E-state index in [1.54, 1.807) is 0 Å². The summed E-state index contributed by atoms with van der Waals surface area (Å²) in [6.45, 7) is 4.62. The highest BCUT2D eigenvalue weighted by Crippen LogP contribution is 2.20. The molecule has 0 rings (SSSR count). The first-order valence-corrected chi connectivity index (χ1v) is 35.3. The lowest BCUT2D eigenvalue weighted by atomic mass is 10.0. The molecule has 0 aliphatic heterocycles. The third-order valence-electron chi connectivity index (χ3n) is 17.1. The Hall–Kier alpha value is -0.330. The molecule has 0 fully saturated rings. The van der Waals surface area contributed by atoms with Gasteiger partial charge in [-0.05, 0) is 12.8 Å². The van der Waals surface area contributed by atoms with E-state index in [-0.39, 0.29) is 0 Å². The first kappa shape index (κ1) is 71.7. The van der Waals surface area contributed by atoms with Crippen LogP contribution in [0.5, 0.6) is 0 Å². The second-order valence-electron chi connectivity index (χ2n) is 24.7. The quantitative estimate of drug-likeness (QED) is 0.0555. The molecule has 0 heterocycles. The molecule has 0 saturated carbocycles. The molecule has 0 radical (unpaired) electrons. The van der Waals surface area contributed by atoms with Gasteiger partial charge in [-0.25, -0.2) is 0 Å². The van der Waals surface area contributed by atoms with E-state index in [9.17, 15) is 4.79 Å². The molecule has 1 heteroatoms. The van der Waals surface area contributed by atoms with Gasteiger partial charge in [-0.2, -0.15) is 0 Å². The van der Waals surface area contributed by atoms with Crippen LogP contribution in [0.4, 0.5) is 0 Å². The summed E-state index contributed by atoms with van der Waals surface area (Å²) in [5.74, 6) is 0.538. The minimum Gasteiger partial charge on any atom is -0.300 e. The van der Waals surface area contributed by atoms with Crippen molar-refractivity contribution < 1.29 is 4.79 Å². The van der Waals surface area contributed by atoms with Gasteiger partial charge in [0, 0.05) is 12.8 Å². The molecule has 432 valence electrons. The summed E-state index contributed by atoms with van der Waals surface area (Å²) in [5, 5.41) is 0. The van der Waals surface area contributed by atoms with Crippen LogP contribution >= 0.6 is 0 Å². The molecule has 0 aromatic heterocycles. The Balaban J connectivity index is 3.14. The van der Waals surface area contributed by atoms with E-state index in [2.05, 4.69) is 13.8 Å². The van der Waals surface area contributed by atoms with Crippen LogP contribution in [0.1, 0.15) is 450 Å². The first-order chi connectivity index (χ1) is 35.8. The molecule has 0 aromatic carbocycles. The van der Waals surface area contributed by atoms with Gasteiger partial charge in [0.15, 0.2) is 0 Å². The number of unbranched alkanes of at least 4 members (excludes halogenated alkanes) is 64. The van der Waals surface area contributed by atoms with Crippen molar-refractivity contribution >= 4 is 5.78 Å². The second-order valence-corrected chi connectivity index (χ2v) is 24.7. The molecule has 0 saturated heterocycles. The fourth-order valence-corrected chi connectivity index (χ4v) is 11.9. The van der Waals surface area contributed by atoms with Crippen molar-refractivity contribution in [1.29, 1.82) is 0 Å². The fraction of sp³-hybridized carbons (Fsp3) is 0.986. The minimum absolute atomic E-state index is 0.538. The van der Waals surface area contributed by atoms with Gasteiger partial charge in [0.1, 0.15) is 5.78 Å². The Morgan fingerprint density at radius 1 is 0.139 bits per heavy atom. The van der Waals surface area contributed by atoms with Crippen molar-refractivity contribution in [3.05, 3.63) is 0 Å². The van der Waals surface area contributed by atoms with Crippen molar-refractivity contribution in [2.75, 3.05) is 0 Å². The lowest BCUT2D eigenvalue weighted by Crippen LogP contribution is -1.97. The van der Waals surface area contributed by atoms with Crippen molar-refractivity contribution in [1.82, 2.24) is 0 Å². The van der Waals surface area contributed by atoms with Crippen molar-refractivity contribution in [3.63, 3.8) is 0 Å². The molecule has 0 aliphatic carbocycles. The Bertz CT molecular complexity index is 851. The summed E-state index contributed by atoms with van der Waals surface area (Å²) in [4.78, 5) is 12.4. The summed E-state index contributed by atoms with van der Waals surface area (Å²) in [5.41, 5.74) is 0. The van der Waals surface area contributed by atoms with Crippen LogP contribution < -0.4 is 0 Å². The number of ketones is 1. The maximum atomic E-state index is 12.4. The number of rotatable bonds is 68. The van der Waals surface area contributed by atoms with Crippen molar-refractivity contribution in [2.24, 2.45) is 0 Å². The van der Waals surface area contributed by atoms with Crippen molar-refractivity contribution in [2.45, 2.75) is 450 Å². The standard InChI is InChI=1S/C71H142O/c1-3-5-7-9-11-13-15-17-19-21-23-25-27-29-31-33-35-37-39-41-43-45-47-49-51-53-55-57-59-61-63-65-67-69-71(72)70-68-66-64-62-60-58-56-54-52-50-48-46-44-42-40-38-36-34-32-30-28-26-24-22-20-18-16-14-12-10-8-6-4-2/h3-70H2,1-2H3. The lowest BCUT2D eigenvalue weighted by molar-refractivity contribution is -0.119. The fourth-order valence-electron chi connectivity index (χ4n) is 11.9. The van der Waals surface area contributed by atoms with E-state index in [0.717, 1.165) is 25.7 Å². The van der Waals surface area contributed by atoms with Gasteiger partial charge in [0.05, 0.1) is 0 Å². The maximum absolute atomic E-state index is 12.4. The van der Waals surface area contributed by atoms with Crippen LogP contribution in [-0.4, -0.2) is 5.78 Å². The van der Waals surface area contributed by atoms with Gasteiger partial charge in [-0.15, -0.1) is 0 Å². The molecular weight excluding hydrogens is 869 g/mol. The molecule has 72 heavy (non-hydrogen) atoms. The maximum Gasteiger partial charge on any atom is 0.132 e. The highest BCUT2D eigenvalue weighted by atomic mass is 16.1. The SMILES string of the molecule is CCCCCCCCCCCCCCCCCCCCCCCCCCCCCCCCCCCC(=O)CCCCCCCCCCCCCCCCCCCCCCCCCCCCCCCCCCC. The third-order valence-corrected chi connectivity index (χ3v) is 17.1. The van der Waals surface area contributed by atoms with Gasteiger partial charge in [-0.1, -0.05) is 425 Å². The van der Waals surface area contributed by atoms with Crippen LogP contribution in [0.2, 0.25) is 0 Å². The molecule has 0 bridgehead atoms. The Morgan fingerprint density at radius 3 is 0.319 bits per heavy atom. The molecule has 0 spiro atoms. The molecule has 0 unspecified atom stereocenters. The summed E-state index contributed by atoms with van der Waals surface area (Å²) in [7, 11) is 0. The van der Waals surface area contributed by atoms with E-state index >= 15 is 0 Å². The molecule has 0 aliphatic rings. The van der Waals surface area contributed by atoms with E-state index in [1.807, 2.05) is 0 Å². The van der Waals surface area contributed by atoms with E-state index in [1.165, 1.54) is 411 Å². The Morgan fingerprint density at radius 2 is 0.222 bits per heavy atom. The number of hydrogen-bond donors (Lipinski definition) is 0. The van der Waals surface area contributed by atoms with Crippen LogP contribution in [0.25, 0.3) is 0 Å². The predicted octanol–water partition coefficient (Wildman–Crippen LogP) is 27.1. The lowest BCUT2D eigenvalue weighted by Gasteiger charge is -2.05. The Kier molecular flexibility index (Phi) is 68.4. The zero-order valence-corrected chi connectivity index (χ0v) is 51.0. The molecule has 0 N–H and O–H groups in total. The monoisotopic (exact) mass is 1010 g/mol. The van der Waals surface area contributed by atoms with E-state index in [0.29, 0.717) is 5.78 Å². The van der Waals surface area contributed by atoms with Gasteiger partial charge < -0.3 is 0 Å². The first-order valence-electron chi connectivity index (χ1n) is 35.3. The van der Waals surface area contributed by atoms with Gasteiger partial charge in [0.2, 0.25) is 0 Å². The highest BCUT2D eigenvalue weighted by molar-refractivity contribution is 5.78. The van der Waals surface area contributed by atoms with E-state index in [4.69, 9.17) is 0 Å². The molecule has 0 atom stereocenters. The average Bonchev–Trinajstić information content (AvgIpc) is 3.39. The van der Waals surface area contributed by atoms with Crippen LogP contribution in [-0.2, 0) is 4.79 Å². The summed E-state index contributed by atoms with van der Waals surface area (Å²) in [6, 6.07) is 0. The summed E-state index contributed by atoms with van der Waals surface area (Å²) in [6.07, 6.45) is 97.1. The third kappa shape index (κ3) is 67.7. The molecule has 1 nitrogen and oxygen atoms in total. The van der Waals surface area contributed by atoms with Crippen LogP contribution in [0.15, 0.2) is 0 Å². The number of carbonyl (C=O) groups excluding carboxylic acids is 1. The van der Waals surface area contributed by atoms with E-state index < -0.39 is 0 Å². The number of hydrogen-bond acceptors (Lipinski definition) is 1. The topological polar surface area (TPSA) is 17.1 Å². The molecular formula is C71H142O. The smallest absolute Gasteiger partial charge is 0.132 e. The minimum atomic E-state index is 0.538. The highest BCUT2D eigenvalue weighted by Gasteiger charge is 2.04. The molecule has 0 aromatic rings. The predicted molar refractivity (Wildman–Crippen MR) is 330 cm³/mol. The van der Waals surface area contributed by atoms with Crippen LogP contribution in [0.3, 0.4) is 0 Å². The normalized spacial score (nSPS) is 11.7. The molecule has 0 amide bonds. The van der Waals surface area contributed by atoms with Gasteiger partial charge in [-0.3, -0.25) is 4.79 Å². The average molecular weight is 1010 g/mol. The van der Waals surface area contributed by atoms with Gasteiger partial charge in [0.25, 0.3) is 0 Å². The number of Topliss-reactive ketones (excluding diaryl/α,β-unsaturated/α-hetero) is 1. The zero-order valence-electron chi connectivity index (χ0n) is 51.0. The van der Waals surface area contributed by atoms with Gasteiger partial charge >= 0.3 is 0 Å². The second kappa shape index (κ2) is 68.7.